The number of benzene rings is 1. The number of aromatic nitrogens is 1. The van der Waals surface area contributed by atoms with Gasteiger partial charge >= 0.3 is 5.97 Å². The Kier molecular flexibility index (Phi) is 4.20. The lowest BCUT2D eigenvalue weighted by Crippen LogP contribution is -2.20. The van der Waals surface area contributed by atoms with Crippen molar-refractivity contribution in [1.29, 1.82) is 0 Å². The molecular formula is C15H16N2O3. The third kappa shape index (κ3) is 3.06. The number of carboxylic acid groups (broad SMARTS) is 1. The van der Waals surface area contributed by atoms with Crippen LogP contribution in [0.5, 0.6) is 0 Å². The summed E-state index contributed by atoms with van der Waals surface area (Å²) in [6.45, 7) is 2.00. The van der Waals surface area contributed by atoms with E-state index in [-0.39, 0.29) is 11.6 Å². The molecule has 3 N–H and O–H groups in total. The topological polar surface area (TPSA) is 82.2 Å². The van der Waals surface area contributed by atoms with Crippen LogP contribution in [0.1, 0.15) is 29.4 Å². The number of para-hydroxylation sites is 1. The molecule has 2 rings (SSSR count). The number of rotatable bonds is 5. The first kappa shape index (κ1) is 13.9. The molecule has 0 aliphatic carbocycles. The molecule has 5 heteroatoms. The molecule has 0 spiro atoms. The lowest BCUT2D eigenvalue weighted by Gasteiger charge is -1.97. The van der Waals surface area contributed by atoms with Crippen molar-refractivity contribution in [2.24, 2.45) is 0 Å². The molecule has 0 unspecified atom stereocenters. The van der Waals surface area contributed by atoms with Gasteiger partial charge < -0.3 is 15.4 Å². The van der Waals surface area contributed by atoms with Gasteiger partial charge in [-0.05, 0) is 12.5 Å². The van der Waals surface area contributed by atoms with Crippen molar-refractivity contribution < 1.29 is 14.7 Å². The van der Waals surface area contributed by atoms with Gasteiger partial charge in [0.2, 0.25) is 5.91 Å². The number of carboxylic acids is 1. The maximum absolute atomic E-state index is 11.2. The molecule has 0 aliphatic heterocycles. The minimum atomic E-state index is -0.984. The fraction of sp³-hybridized carbons (Fsp3) is 0.200. The lowest BCUT2D eigenvalue weighted by atomic mass is 10.1. The Morgan fingerprint density at radius 2 is 2.10 bits per heavy atom. The van der Waals surface area contributed by atoms with Gasteiger partial charge in [0, 0.05) is 29.9 Å². The van der Waals surface area contributed by atoms with Crippen LogP contribution in [0.3, 0.4) is 0 Å². The maximum Gasteiger partial charge on any atom is 0.352 e. The number of H-pyrrole nitrogens is 1. The number of aromatic amines is 1. The van der Waals surface area contributed by atoms with Gasteiger partial charge in [0.05, 0.1) is 0 Å². The van der Waals surface area contributed by atoms with E-state index in [4.69, 9.17) is 0 Å². The highest BCUT2D eigenvalue weighted by Gasteiger charge is 2.14. The minimum absolute atomic E-state index is 0.0725. The van der Waals surface area contributed by atoms with Crippen molar-refractivity contribution in [3.63, 3.8) is 0 Å². The fourth-order valence-corrected chi connectivity index (χ4v) is 2.04. The maximum atomic E-state index is 11.2. The summed E-state index contributed by atoms with van der Waals surface area (Å²) in [4.78, 5) is 24.9. The Hall–Kier alpha value is -2.56. The Labute approximate surface area is 116 Å². The van der Waals surface area contributed by atoms with Crippen molar-refractivity contribution in [2.45, 2.75) is 13.3 Å². The van der Waals surface area contributed by atoms with Crippen molar-refractivity contribution in [3.8, 4) is 0 Å². The third-order valence-corrected chi connectivity index (χ3v) is 2.93. The first-order valence-corrected chi connectivity index (χ1v) is 6.34. The van der Waals surface area contributed by atoms with E-state index in [0.29, 0.717) is 18.5 Å². The van der Waals surface area contributed by atoms with E-state index in [1.807, 2.05) is 30.3 Å². The van der Waals surface area contributed by atoms with Crippen LogP contribution < -0.4 is 5.32 Å². The van der Waals surface area contributed by atoms with Crippen molar-refractivity contribution in [3.05, 3.63) is 41.6 Å². The van der Waals surface area contributed by atoms with E-state index in [9.17, 15) is 14.7 Å². The molecule has 20 heavy (non-hydrogen) atoms. The number of carbonyl (C=O) groups is 2. The average Bonchev–Trinajstić information content (AvgIpc) is 2.77. The normalized spacial score (nSPS) is 11.1. The van der Waals surface area contributed by atoms with Gasteiger partial charge in [0.25, 0.3) is 0 Å². The zero-order valence-corrected chi connectivity index (χ0v) is 11.1. The summed E-state index contributed by atoms with van der Waals surface area (Å²) >= 11 is 0. The molecule has 0 radical (unpaired) electrons. The zero-order chi connectivity index (χ0) is 14.5. The molecular weight excluding hydrogens is 256 g/mol. The Morgan fingerprint density at radius 1 is 1.35 bits per heavy atom. The van der Waals surface area contributed by atoms with Crippen LogP contribution in [0.15, 0.2) is 30.3 Å². The zero-order valence-electron chi connectivity index (χ0n) is 11.1. The van der Waals surface area contributed by atoms with E-state index in [1.165, 1.54) is 6.92 Å². The molecule has 0 saturated carbocycles. The van der Waals surface area contributed by atoms with Crippen LogP contribution in [-0.4, -0.2) is 28.5 Å². The Balaban J connectivity index is 2.23. The number of hydrogen-bond donors (Lipinski definition) is 3. The van der Waals surface area contributed by atoms with Crippen LogP contribution >= 0.6 is 0 Å². The summed E-state index contributed by atoms with van der Waals surface area (Å²) in [6.07, 6.45) is 4.29. The molecule has 5 nitrogen and oxygen atoms in total. The van der Waals surface area contributed by atoms with Crippen LogP contribution in [0, 0.1) is 0 Å². The molecule has 1 amide bonds. The highest BCUT2D eigenvalue weighted by molar-refractivity contribution is 6.01. The number of amides is 1. The van der Waals surface area contributed by atoms with Crippen molar-refractivity contribution in [2.75, 3.05) is 6.54 Å². The number of carbonyl (C=O) groups excluding carboxylic acids is 1. The molecule has 104 valence electrons. The monoisotopic (exact) mass is 272 g/mol. The van der Waals surface area contributed by atoms with E-state index < -0.39 is 5.97 Å². The lowest BCUT2D eigenvalue weighted by molar-refractivity contribution is -0.118. The SMILES string of the molecule is CC(=O)NCCC=Cc1c(C(=O)O)[nH]c2ccccc12. The van der Waals surface area contributed by atoms with Gasteiger partial charge in [-0.15, -0.1) is 0 Å². The number of hydrogen-bond acceptors (Lipinski definition) is 2. The molecule has 0 atom stereocenters. The van der Waals surface area contributed by atoms with E-state index in [0.717, 1.165) is 10.9 Å². The Bertz CT molecular complexity index is 671. The van der Waals surface area contributed by atoms with E-state index in [1.54, 1.807) is 6.08 Å². The second kappa shape index (κ2) is 6.06. The minimum Gasteiger partial charge on any atom is -0.477 e. The Morgan fingerprint density at radius 3 is 2.80 bits per heavy atom. The molecule has 1 aromatic carbocycles. The molecule has 2 aromatic rings. The highest BCUT2D eigenvalue weighted by atomic mass is 16.4. The van der Waals surface area contributed by atoms with Crippen LogP contribution in [0.2, 0.25) is 0 Å². The van der Waals surface area contributed by atoms with E-state index >= 15 is 0 Å². The van der Waals surface area contributed by atoms with E-state index in [2.05, 4.69) is 10.3 Å². The summed E-state index contributed by atoms with van der Waals surface area (Å²) in [6, 6.07) is 7.45. The summed E-state index contributed by atoms with van der Waals surface area (Å²) in [7, 11) is 0. The largest absolute Gasteiger partial charge is 0.477 e. The fourth-order valence-electron chi connectivity index (χ4n) is 2.04. The second-order valence-electron chi connectivity index (χ2n) is 4.44. The molecule has 0 bridgehead atoms. The van der Waals surface area contributed by atoms with Gasteiger partial charge in [-0.1, -0.05) is 30.4 Å². The summed E-state index contributed by atoms with van der Waals surface area (Å²) in [5.74, 6) is -1.06. The number of nitrogens with one attached hydrogen (secondary N) is 2. The standard InChI is InChI=1S/C15H16N2O3/c1-10(18)16-9-5-4-7-12-11-6-2-3-8-13(11)17-14(12)15(19)20/h2-4,6-8,17H,5,9H2,1H3,(H,16,18)(H,19,20). The van der Waals surface area contributed by atoms with Crippen molar-refractivity contribution >= 4 is 28.9 Å². The molecule has 0 fully saturated rings. The third-order valence-electron chi connectivity index (χ3n) is 2.93. The highest BCUT2D eigenvalue weighted by Crippen LogP contribution is 2.23. The first-order valence-electron chi connectivity index (χ1n) is 6.34. The van der Waals surface area contributed by atoms with Crippen molar-refractivity contribution in [1.82, 2.24) is 10.3 Å². The molecule has 1 aromatic heterocycles. The summed E-state index contributed by atoms with van der Waals surface area (Å²) in [5, 5.41) is 12.8. The van der Waals surface area contributed by atoms with Crippen LogP contribution in [0.4, 0.5) is 0 Å². The first-order chi connectivity index (χ1) is 9.59. The van der Waals surface area contributed by atoms with Gasteiger partial charge in [-0.2, -0.15) is 0 Å². The van der Waals surface area contributed by atoms with Gasteiger partial charge in [-0.25, -0.2) is 4.79 Å². The smallest absolute Gasteiger partial charge is 0.352 e. The van der Waals surface area contributed by atoms with Crippen LogP contribution in [0.25, 0.3) is 17.0 Å². The quantitative estimate of drug-likeness (QED) is 0.731. The van der Waals surface area contributed by atoms with Crippen LogP contribution in [-0.2, 0) is 4.79 Å². The summed E-state index contributed by atoms with van der Waals surface area (Å²) < 4.78 is 0. The summed E-state index contributed by atoms with van der Waals surface area (Å²) in [5.41, 5.74) is 1.64. The van der Waals surface area contributed by atoms with Gasteiger partial charge in [0.15, 0.2) is 0 Å². The number of fused-ring (bicyclic) bond motifs is 1. The predicted molar refractivity (Wildman–Crippen MR) is 77.6 cm³/mol. The second-order valence-corrected chi connectivity index (χ2v) is 4.44. The van der Waals surface area contributed by atoms with Gasteiger partial charge in [0.1, 0.15) is 5.69 Å². The molecule has 0 saturated heterocycles. The average molecular weight is 272 g/mol. The predicted octanol–water partition coefficient (Wildman–Crippen LogP) is 2.41. The molecule has 1 heterocycles. The van der Waals surface area contributed by atoms with Gasteiger partial charge in [-0.3, -0.25) is 4.79 Å². The molecule has 0 aliphatic rings. The number of aromatic carboxylic acids is 1.